The number of hydrogen-bond acceptors (Lipinski definition) is 5. The minimum atomic E-state index is -1.10. The zero-order valence-electron chi connectivity index (χ0n) is 14.2. The van der Waals surface area contributed by atoms with Crippen LogP contribution in [0.3, 0.4) is 0 Å². The Bertz CT molecular complexity index is 829. The zero-order chi connectivity index (χ0) is 18.1. The average molecular weight is 361 g/mol. The van der Waals surface area contributed by atoms with Gasteiger partial charge in [-0.25, -0.2) is 4.79 Å². The Labute approximate surface area is 149 Å². The predicted molar refractivity (Wildman–Crippen MR) is 95.0 cm³/mol. The van der Waals surface area contributed by atoms with Gasteiger partial charge in [0, 0.05) is 21.6 Å². The lowest BCUT2D eigenvalue weighted by atomic mass is 10.1. The molecule has 132 valence electrons. The summed E-state index contributed by atoms with van der Waals surface area (Å²) in [5, 5.41) is 12.0. The van der Waals surface area contributed by atoms with Gasteiger partial charge in [0.2, 0.25) is 5.91 Å². The van der Waals surface area contributed by atoms with Gasteiger partial charge < -0.3 is 19.9 Å². The Hall–Kier alpha value is -2.54. The van der Waals surface area contributed by atoms with Gasteiger partial charge in [-0.2, -0.15) is 0 Å². The van der Waals surface area contributed by atoms with Crippen LogP contribution < -0.4 is 14.8 Å². The number of hydrogen-bond donors (Lipinski definition) is 2. The highest BCUT2D eigenvalue weighted by molar-refractivity contribution is 7.12. The minimum absolute atomic E-state index is 0.0224. The Balaban J connectivity index is 1.81. The molecule has 1 fully saturated rings. The number of amides is 1. The largest absolute Gasteiger partial charge is 0.493 e. The van der Waals surface area contributed by atoms with Crippen LogP contribution >= 0.6 is 11.3 Å². The molecule has 0 spiro atoms. The third-order valence-corrected chi connectivity index (χ3v) is 5.37. The fourth-order valence-electron chi connectivity index (χ4n) is 2.86. The second kappa shape index (κ2) is 6.76. The zero-order valence-corrected chi connectivity index (χ0v) is 15.0. The van der Waals surface area contributed by atoms with E-state index in [0.717, 1.165) is 6.42 Å². The van der Waals surface area contributed by atoms with Crippen molar-refractivity contribution in [3.63, 3.8) is 0 Å². The third-order valence-electron chi connectivity index (χ3n) is 4.24. The van der Waals surface area contributed by atoms with Crippen molar-refractivity contribution in [2.75, 3.05) is 19.5 Å². The third kappa shape index (κ3) is 3.46. The molecule has 0 saturated heterocycles. The molecule has 1 saturated carbocycles. The molecule has 0 aliphatic heterocycles. The van der Waals surface area contributed by atoms with Gasteiger partial charge in [0.25, 0.3) is 0 Å². The Kier molecular flexibility index (Phi) is 4.67. The van der Waals surface area contributed by atoms with E-state index in [4.69, 9.17) is 9.47 Å². The van der Waals surface area contributed by atoms with E-state index in [1.165, 1.54) is 36.1 Å². The first kappa shape index (κ1) is 17.3. The average Bonchev–Trinajstić information content (AvgIpc) is 3.28. The summed E-state index contributed by atoms with van der Waals surface area (Å²) in [5.41, 5.74) is 0.325. The van der Waals surface area contributed by atoms with Crippen LogP contribution in [0.4, 0.5) is 5.69 Å². The lowest BCUT2D eigenvalue weighted by Crippen LogP contribution is -2.16. The SMILES string of the molecule is COc1cc(C(=O)O)cc(NC(=O)[C@@H]2C[C@@H]2c2ccc(C)s2)c1OC. The first-order valence-corrected chi connectivity index (χ1v) is 8.62. The maximum absolute atomic E-state index is 12.6. The molecule has 25 heavy (non-hydrogen) atoms. The van der Waals surface area contributed by atoms with E-state index >= 15 is 0 Å². The fourth-order valence-corrected chi connectivity index (χ4v) is 3.91. The normalized spacial score (nSPS) is 18.5. The quantitative estimate of drug-likeness (QED) is 0.822. The molecule has 6 nitrogen and oxygen atoms in total. The lowest BCUT2D eigenvalue weighted by Gasteiger charge is -2.14. The number of aromatic carboxylic acids is 1. The molecule has 0 bridgehead atoms. The number of methoxy groups -OCH3 is 2. The number of ether oxygens (including phenoxy) is 2. The van der Waals surface area contributed by atoms with Crippen LogP contribution in [0, 0.1) is 12.8 Å². The first-order chi connectivity index (χ1) is 11.9. The second-order valence-corrected chi connectivity index (χ2v) is 7.27. The highest BCUT2D eigenvalue weighted by atomic mass is 32.1. The summed E-state index contributed by atoms with van der Waals surface area (Å²) >= 11 is 1.70. The molecule has 0 radical (unpaired) electrons. The van der Waals surface area contributed by atoms with E-state index in [0.29, 0.717) is 11.4 Å². The van der Waals surface area contributed by atoms with Crippen LogP contribution in [0.5, 0.6) is 11.5 Å². The standard InChI is InChI=1S/C18H19NO5S/c1-9-4-5-15(25-9)11-8-12(11)17(20)19-13-6-10(18(21)22)7-14(23-2)16(13)24-3/h4-7,11-12H,8H2,1-3H3,(H,19,20)(H,21,22)/t11-,12+/m0/s1. The number of rotatable bonds is 6. The van der Waals surface area contributed by atoms with Crippen LogP contribution in [0.1, 0.15) is 32.5 Å². The van der Waals surface area contributed by atoms with Crippen molar-refractivity contribution in [3.05, 3.63) is 39.6 Å². The van der Waals surface area contributed by atoms with Crippen molar-refractivity contribution in [2.45, 2.75) is 19.3 Å². The van der Waals surface area contributed by atoms with Crippen LogP contribution in [-0.2, 0) is 4.79 Å². The second-order valence-electron chi connectivity index (χ2n) is 5.95. The number of benzene rings is 1. The molecule has 2 aromatic rings. The number of carboxylic acids is 1. The van der Waals surface area contributed by atoms with Gasteiger partial charge in [0.05, 0.1) is 25.5 Å². The molecule has 1 heterocycles. The predicted octanol–water partition coefficient (Wildman–Crippen LogP) is 3.51. The Morgan fingerprint density at radius 1 is 1.24 bits per heavy atom. The maximum Gasteiger partial charge on any atom is 0.335 e. The molecular weight excluding hydrogens is 342 g/mol. The Morgan fingerprint density at radius 2 is 2.00 bits per heavy atom. The summed E-state index contributed by atoms with van der Waals surface area (Å²) in [4.78, 5) is 26.3. The molecule has 3 rings (SSSR count). The molecule has 1 aromatic carbocycles. The molecule has 1 aliphatic rings. The van der Waals surface area contributed by atoms with Gasteiger partial charge in [-0.1, -0.05) is 0 Å². The summed E-state index contributed by atoms with van der Waals surface area (Å²) in [7, 11) is 2.87. The summed E-state index contributed by atoms with van der Waals surface area (Å²) < 4.78 is 10.5. The summed E-state index contributed by atoms with van der Waals surface area (Å²) in [5.74, 6) is -0.547. The molecule has 1 amide bonds. The number of carbonyl (C=O) groups excluding carboxylic acids is 1. The van der Waals surface area contributed by atoms with E-state index in [2.05, 4.69) is 17.4 Å². The topological polar surface area (TPSA) is 84.9 Å². The van der Waals surface area contributed by atoms with Crippen molar-refractivity contribution in [3.8, 4) is 11.5 Å². The Morgan fingerprint density at radius 3 is 2.56 bits per heavy atom. The van der Waals surface area contributed by atoms with E-state index in [9.17, 15) is 14.7 Å². The van der Waals surface area contributed by atoms with E-state index < -0.39 is 5.97 Å². The van der Waals surface area contributed by atoms with Gasteiger partial charge in [0.15, 0.2) is 11.5 Å². The van der Waals surface area contributed by atoms with Crippen LogP contribution in [0.25, 0.3) is 0 Å². The molecule has 1 aliphatic carbocycles. The number of anilines is 1. The van der Waals surface area contributed by atoms with Crippen LogP contribution in [-0.4, -0.2) is 31.2 Å². The van der Waals surface area contributed by atoms with E-state index in [1.54, 1.807) is 11.3 Å². The fraction of sp³-hybridized carbons (Fsp3) is 0.333. The monoisotopic (exact) mass is 361 g/mol. The summed E-state index contributed by atoms with van der Waals surface area (Å²) in [6.45, 7) is 2.04. The van der Waals surface area contributed by atoms with Crippen molar-refractivity contribution in [2.24, 2.45) is 5.92 Å². The highest BCUT2D eigenvalue weighted by Crippen LogP contribution is 2.50. The van der Waals surface area contributed by atoms with Gasteiger partial charge in [-0.05, 0) is 37.6 Å². The van der Waals surface area contributed by atoms with Crippen molar-refractivity contribution < 1.29 is 24.2 Å². The number of carbonyl (C=O) groups is 2. The molecule has 0 unspecified atom stereocenters. The molecule has 1 aromatic heterocycles. The number of aryl methyl sites for hydroxylation is 1. The summed E-state index contributed by atoms with van der Waals surface area (Å²) in [6.07, 6.45) is 0.795. The van der Waals surface area contributed by atoms with Crippen molar-refractivity contribution in [1.82, 2.24) is 0 Å². The number of carboxylic acid groups (broad SMARTS) is 1. The maximum atomic E-state index is 12.6. The molecule has 7 heteroatoms. The molecular formula is C18H19NO5S. The highest BCUT2D eigenvalue weighted by Gasteiger charge is 2.45. The molecule has 2 atom stereocenters. The van der Waals surface area contributed by atoms with Gasteiger partial charge in [-0.15, -0.1) is 11.3 Å². The summed E-state index contributed by atoms with van der Waals surface area (Å²) in [6, 6.07) is 6.86. The first-order valence-electron chi connectivity index (χ1n) is 7.81. The smallest absolute Gasteiger partial charge is 0.335 e. The lowest BCUT2D eigenvalue weighted by molar-refractivity contribution is -0.117. The van der Waals surface area contributed by atoms with Crippen LogP contribution in [0.15, 0.2) is 24.3 Å². The molecule has 2 N–H and O–H groups in total. The minimum Gasteiger partial charge on any atom is -0.493 e. The number of nitrogens with one attached hydrogen (secondary N) is 1. The van der Waals surface area contributed by atoms with Crippen molar-refractivity contribution >= 4 is 28.9 Å². The van der Waals surface area contributed by atoms with Gasteiger partial charge >= 0.3 is 5.97 Å². The van der Waals surface area contributed by atoms with Crippen LogP contribution in [0.2, 0.25) is 0 Å². The van der Waals surface area contributed by atoms with Crippen molar-refractivity contribution in [1.29, 1.82) is 0 Å². The van der Waals surface area contributed by atoms with E-state index in [1.807, 2.05) is 6.92 Å². The van der Waals surface area contributed by atoms with Gasteiger partial charge in [0.1, 0.15) is 0 Å². The number of thiophene rings is 1. The van der Waals surface area contributed by atoms with E-state index in [-0.39, 0.29) is 29.1 Å². The van der Waals surface area contributed by atoms with Gasteiger partial charge in [-0.3, -0.25) is 4.79 Å².